The fraction of sp³-hybridized carbons (Fsp3) is 0.143. The molecule has 0 radical (unpaired) electrons. The molecule has 3 nitrogen and oxygen atoms in total. The van der Waals surface area contributed by atoms with Crippen molar-refractivity contribution in [3.8, 4) is 39.5 Å². The van der Waals surface area contributed by atoms with E-state index in [2.05, 4.69) is 41.5 Å². The van der Waals surface area contributed by atoms with Crippen molar-refractivity contribution in [3.05, 3.63) is 65.0 Å². The van der Waals surface area contributed by atoms with Crippen molar-refractivity contribution in [3.63, 3.8) is 0 Å². The minimum absolute atomic E-state index is 0.566. The largest absolute Gasteiger partial charge is 0.493 e. The summed E-state index contributed by atoms with van der Waals surface area (Å²) in [5, 5.41) is 2.08. The van der Waals surface area contributed by atoms with Gasteiger partial charge in [0.2, 0.25) is 5.75 Å². The predicted molar refractivity (Wildman–Crippen MR) is 102 cm³/mol. The van der Waals surface area contributed by atoms with Gasteiger partial charge in [-0.2, -0.15) is 0 Å². The molecule has 0 unspecified atom stereocenters. The van der Waals surface area contributed by atoms with E-state index in [1.54, 1.807) is 32.7 Å². The van der Waals surface area contributed by atoms with Gasteiger partial charge < -0.3 is 14.2 Å². The summed E-state index contributed by atoms with van der Waals surface area (Å²) in [5.74, 6) is 8.09. The van der Waals surface area contributed by atoms with E-state index in [1.165, 1.54) is 10.4 Å². The summed E-state index contributed by atoms with van der Waals surface area (Å²) in [4.78, 5) is 1.25. The van der Waals surface area contributed by atoms with Gasteiger partial charge in [0, 0.05) is 16.0 Å². The average Bonchev–Trinajstić information content (AvgIpc) is 3.20. The van der Waals surface area contributed by atoms with Crippen LogP contribution in [0.3, 0.4) is 0 Å². The van der Waals surface area contributed by atoms with E-state index < -0.39 is 0 Å². The topological polar surface area (TPSA) is 27.7 Å². The summed E-state index contributed by atoms with van der Waals surface area (Å²) in [6.07, 6.45) is 0. The highest BCUT2D eigenvalue weighted by atomic mass is 32.1. The van der Waals surface area contributed by atoms with Crippen molar-refractivity contribution in [2.24, 2.45) is 0 Å². The van der Waals surface area contributed by atoms with E-state index in [1.807, 2.05) is 24.3 Å². The third-order valence-electron chi connectivity index (χ3n) is 3.71. The Hall–Kier alpha value is -2.90. The molecule has 0 aliphatic rings. The standard InChI is InChI=1S/C21H18O3S/c1-22-18-13-16(14-19(23-2)21(18)24-3)7-6-15-8-10-17(11-9-15)20-5-4-12-25-20/h4-5,8-14H,1-3H3. The molecule has 0 saturated heterocycles. The molecule has 0 fully saturated rings. The number of thiophene rings is 1. The minimum atomic E-state index is 0.566. The van der Waals surface area contributed by atoms with Gasteiger partial charge in [0.05, 0.1) is 21.3 Å². The van der Waals surface area contributed by atoms with Crippen LogP contribution in [0.25, 0.3) is 10.4 Å². The quantitative estimate of drug-likeness (QED) is 0.630. The van der Waals surface area contributed by atoms with Crippen LogP contribution in [0.1, 0.15) is 11.1 Å². The zero-order chi connectivity index (χ0) is 17.6. The molecule has 126 valence electrons. The number of methoxy groups -OCH3 is 3. The number of hydrogen-bond donors (Lipinski definition) is 0. The summed E-state index contributed by atoms with van der Waals surface area (Å²) in [5.41, 5.74) is 2.96. The summed E-state index contributed by atoms with van der Waals surface area (Å²) < 4.78 is 16.0. The second-order valence-corrected chi connectivity index (χ2v) is 6.17. The van der Waals surface area contributed by atoms with Crippen LogP contribution in [0.4, 0.5) is 0 Å². The first-order valence-corrected chi connectivity index (χ1v) is 8.59. The molecule has 3 rings (SSSR count). The van der Waals surface area contributed by atoms with Crippen molar-refractivity contribution >= 4 is 11.3 Å². The maximum absolute atomic E-state index is 5.36. The lowest BCUT2D eigenvalue weighted by Gasteiger charge is -2.12. The fourth-order valence-corrected chi connectivity index (χ4v) is 3.19. The zero-order valence-electron chi connectivity index (χ0n) is 14.3. The molecular formula is C21H18O3S. The average molecular weight is 350 g/mol. The van der Waals surface area contributed by atoms with Crippen LogP contribution in [0.15, 0.2) is 53.9 Å². The third kappa shape index (κ3) is 3.78. The lowest BCUT2D eigenvalue weighted by atomic mass is 10.1. The van der Waals surface area contributed by atoms with E-state index >= 15 is 0 Å². The summed E-state index contributed by atoms with van der Waals surface area (Å²) in [7, 11) is 4.77. The minimum Gasteiger partial charge on any atom is -0.493 e. The van der Waals surface area contributed by atoms with E-state index in [-0.39, 0.29) is 0 Å². The lowest BCUT2D eigenvalue weighted by molar-refractivity contribution is 0.324. The summed E-state index contributed by atoms with van der Waals surface area (Å²) >= 11 is 1.73. The lowest BCUT2D eigenvalue weighted by Crippen LogP contribution is -1.95. The molecule has 4 heteroatoms. The molecule has 0 bridgehead atoms. The molecule has 0 aliphatic carbocycles. The van der Waals surface area contributed by atoms with Gasteiger partial charge >= 0.3 is 0 Å². The van der Waals surface area contributed by atoms with E-state index in [0.717, 1.165) is 11.1 Å². The Balaban J connectivity index is 1.88. The Bertz CT molecular complexity index is 876. The van der Waals surface area contributed by atoms with E-state index in [0.29, 0.717) is 17.2 Å². The maximum Gasteiger partial charge on any atom is 0.203 e. The molecule has 0 spiro atoms. The van der Waals surface area contributed by atoms with Crippen LogP contribution in [0.2, 0.25) is 0 Å². The molecule has 0 saturated carbocycles. The number of rotatable bonds is 4. The number of ether oxygens (including phenoxy) is 3. The highest BCUT2D eigenvalue weighted by Crippen LogP contribution is 2.37. The van der Waals surface area contributed by atoms with Crippen LogP contribution in [-0.4, -0.2) is 21.3 Å². The molecule has 0 aliphatic heterocycles. The Labute approximate surface area is 151 Å². The molecule has 3 aromatic rings. The van der Waals surface area contributed by atoms with Crippen molar-refractivity contribution < 1.29 is 14.2 Å². The second kappa shape index (κ2) is 7.78. The van der Waals surface area contributed by atoms with Crippen LogP contribution < -0.4 is 14.2 Å². The Morgan fingerprint density at radius 2 is 1.40 bits per heavy atom. The van der Waals surface area contributed by atoms with Crippen LogP contribution >= 0.6 is 11.3 Å². The molecular weight excluding hydrogens is 332 g/mol. The van der Waals surface area contributed by atoms with Crippen molar-refractivity contribution in [2.45, 2.75) is 0 Å². The Morgan fingerprint density at radius 3 is 1.92 bits per heavy atom. The first kappa shape index (κ1) is 16.9. The van der Waals surface area contributed by atoms with Crippen molar-refractivity contribution in [1.82, 2.24) is 0 Å². The van der Waals surface area contributed by atoms with Crippen LogP contribution in [0, 0.1) is 11.8 Å². The normalized spacial score (nSPS) is 9.88. The van der Waals surface area contributed by atoms with Crippen LogP contribution in [0.5, 0.6) is 17.2 Å². The van der Waals surface area contributed by atoms with Crippen molar-refractivity contribution in [2.75, 3.05) is 21.3 Å². The number of benzene rings is 2. The smallest absolute Gasteiger partial charge is 0.203 e. The van der Waals surface area contributed by atoms with Gasteiger partial charge in [-0.05, 0) is 41.3 Å². The predicted octanol–water partition coefficient (Wildman–Crippen LogP) is 4.84. The molecule has 1 aromatic heterocycles. The first-order chi connectivity index (χ1) is 12.2. The highest BCUT2D eigenvalue weighted by Gasteiger charge is 2.12. The molecule has 2 aromatic carbocycles. The highest BCUT2D eigenvalue weighted by molar-refractivity contribution is 7.13. The first-order valence-electron chi connectivity index (χ1n) is 7.71. The fourth-order valence-electron chi connectivity index (χ4n) is 2.46. The van der Waals surface area contributed by atoms with Gasteiger partial charge in [0.25, 0.3) is 0 Å². The third-order valence-corrected chi connectivity index (χ3v) is 4.63. The Kier molecular flexibility index (Phi) is 5.27. The molecule has 1 heterocycles. The van der Waals surface area contributed by atoms with Gasteiger partial charge in [0.1, 0.15) is 0 Å². The molecule has 0 amide bonds. The van der Waals surface area contributed by atoms with Crippen LogP contribution in [-0.2, 0) is 0 Å². The summed E-state index contributed by atoms with van der Waals surface area (Å²) in [6, 6.07) is 16.1. The maximum atomic E-state index is 5.36. The summed E-state index contributed by atoms with van der Waals surface area (Å²) in [6.45, 7) is 0. The van der Waals surface area contributed by atoms with Gasteiger partial charge in [-0.15, -0.1) is 11.3 Å². The van der Waals surface area contributed by atoms with Crippen molar-refractivity contribution in [1.29, 1.82) is 0 Å². The van der Waals surface area contributed by atoms with E-state index in [9.17, 15) is 0 Å². The van der Waals surface area contributed by atoms with Gasteiger partial charge in [-0.1, -0.05) is 30.0 Å². The van der Waals surface area contributed by atoms with Gasteiger partial charge in [-0.3, -0.25) is 0 Å². The second-order valence-electron chi connectivity index (χ2n) is 5.22. The Morgan fingerprint density at radius 1 is 0.760 bits per heavy atom. The van der Waals surface area contributed by atoms with Gasteiger partial charge in [-0.25, -0.2) is 0 Å². The SMILES string of the molecule is COc1cc(C#Cc2ccc(-c3cccs3)cc2)cc(OC)c1OC. The van der Waals surface area contributed by atoms with E-state index in [4.69, 9.17) is 14.2 Å². The number of hydrogen-bond acceptors (Lipinski definition) is 4. The molecule has 0 N–H and O–H groups in total. The molecule has 25 heavy (non-hydrogen) atoms. The van der Waals surface area contributed by atoms with Gasteiger partial charge in [0.15, 0.2) is 11.5 Å². The zero-order valence-corrected chi connectivity index (χ0v) is 15.1. The monoisotopic (exact) mass is 350 g/mol. The molecule has 0 atom stereocenters.